The van der Waals surface area contributed by atoms with Gasteiger partial charge in [-0.3, -0.25) is 9.59 Å². The number of anilines is 1. The van der Waals surface area contributed by atoms with Crippen molar-refractivity contribution >= 4 is 40.9 Å². The van der Waals surface area contributed by atoms with Gasteiger partial charge in [0.1, 0.15) is 5.82 Å². The van der Waals surface area contributed by atoms with Crippen LogP contribution >= 0.6 is 23.4 Å². The number of halogens is 2. The van der Waals surface area contributed by atoms with Crippen LogP contribution < -0.4 is 10.6 Å². The van der Waals surface area contributed by atoms with Gasteiger partial charge in [0.15, 0.2) is 10.9 Å². The SMILES string of the molecule is CCCSc1ncc(Cl)c(C(=O)NCCCC(=O)Nc2ccc(F)cc2)n1. The van der Waals surface area contributed by atoms with Crippen molar-refractivity contribution in [2.75, 3.05) is 17.6 Å². The van der Waals surface area contributed by atoms with Crippen molar-refractivity contribution in [2.45, 2.75) is 31.3 Å². The Labute approximate surface area is 166 Å². The molecule has 6 nitrogen and oxygen atoms in total. The van der Waals surface area contributed by atoms with E-state index in [1.165, 1.54) is 42.2 Å². The summed E-state index contributed by atoms with van der Waals surface area (Å²) in [5.74, 6) is -0.129. The van der Waals surface area contributed by atoms with Crippen LogP contribution in [-0.4, -0.2) is 34.1 Å². The molecule has 2 N–H and O–H groups in total. The van der Waals surface area contributed by atoms with Crippen molar-refractivity contribution in [3.63, 3.8) is 0 Å². The zero-order chi connectivity index (χ0) is 19.6. The summed E-state index contributed by atoms with van der Waals surface area (Å²) in [6, 6.07) is 5.52. The summed E-state index contributed by atoms with van der Waals surface area (Å²) in [5.41, 5.74) is 0.649. The summed E-state index contributed by atoms with van der Waals surface area (Å²) in [5, 5.41) is 6.05. The van der Waals surface area contributed by atoms with E-state index in [0.717, 1.165) is 12.2 Å². The molecule has 0 aliphatic rings. The molecule has 27 heavy (non-hydrogen) atoms. The van der Waals surface area contributed by atoms with E-state index in [2.05, 4.69) is 20.6 Å². The molecule has 1 aromatic heterocycles. The molecule has 0 fully saturated rings. The minimum Gasteiger partial charge on any atom is -0.351 e. The molecular formula is C18H20ClFN4O2S. The molecule has 0 radical (unpaired) electrons. The molecule has 2 aromatic rings. The van der Waals surface area contributed by atoms with Gasteiger partial charge in [-0.05, 0) is 37.1 Å². The molecule has 0 saturated carbocycles. The van der Waals surface area contributed by atoms with Crippen LogP contribution in [0.1, 0.15) is 36.7 Å². The summed E-state index contributed by atoms with van der Waals surface area (Å²) in [4.78, 5) is 32.3. The molecule has 144 valence electrons. The van der Waals surface area contributed by atoms with E-state index in [4.69, 9.17) is 11.6 Å². The number of amides is 2. The number of nitrogens with one attached hydrogen (secondary N) is 2. The predicted octanol–water partition coefficient (Wildman–Crippen LogP) is 3.92. The lowest BCUT2D eigenvalue weighted by Crippen LogP contribution is -2.27. The zero-order valence-corrected chi connectivity index (χ0v) is 16.4. The van der Waals surface area contributed by atoms with Crippen LogP contribution in [0.2, 0.25) is 5.02 Å². The van der Waals surface area contributed by atoms with Gasteiger partial charge in [0.2, 0.25) is 5.91 Å². The number of carbonyl (C=O) groups excluding carboxylic acids is 2. The Bertz CT molecular complexity index is 789. The third-order valence-electron chi connectivity index (χ3n) is 3.37. The van der Waals surface area contributed by atoms with E-state index in [-0.39, 0.29) is 28.9 Å². The average molecular weight is 411 g/mol. The first-order valence-corrected chi connectivity index (χ1v) is 9.85. The molecule has 2 rings (SSSR count). The van der Waals surface area contributed by atoms with Crippen molar-refractivity contribution in [1.29, 1.82) is 0 Å². The lowest BCUT2D eigenvalue weighted by Gasteiger charge is -2.08. The monoisotopic (exact) mass is 410 g/mol. The number of carbonyl (C=O) groups is 2. The summed E-state index contributed by atoms with van der Waals surface area (Å²) < 4.78 is 12.8. The molecule has 0 aliphatic heterocycles. The van der Waals surface area contributed by atoms with E-state index in [1.807, 2.05) is 6.92 Å². The molecule has 9 heteroatoms. The van der Waals surface area contributed by atoms with Crippen molar-refractivity contribution in [3.8, 4) is 0 Å². The zero-order valence-electron chi connectivity index (χ0n) is 14.8. The van der Waals surface area contributed by atoms with Crippen LogP contribution in [0.4, 0.5) is 10.1 Å². The molecule has 0 spiro atoms. The molecule has 0 unspecified atom stereocenters. The van der Waals surface area contributed by atoms with Crippen LogP contribution in [0.25, 0.3) is 0 Å². The van der Waals surface area contributed by atoms with Gasteiger partial charge in [-0.25, -0.2) is 14.4 Å². The number of hydrogen-bond acceptors (Lipinski definition) is 5. The highest BCUT2D eigenvalue weighted by molar-refractivity contribution is 7.99. The standard InChI is InChI=1S/C18H20ClFN4O2S/c1-2-10-27-18-22-11-14(19)16(24-18)17(26)21-9-3-4-15(25)23-13-7-5-12(20)6-8-13/h5-8,11H,2-4,9-10H2,1H3,(H,21,26)(H,23,25). The number of hydrogen-bond donors (Lipinski definition) is 2. The van der Waals surface area contributed by atoms with E-state index in [1.54, 1.807) is 0 Å². The summed E-state index contributed by atoms with van der Waals surface area (Å²) in [6.07, 6.45) is 3.04. The summed E-state index contributed by atoms with van der Waals surface area (Å²) in [7, 11) is 0. The Hall–Kier alpha value is -2.19. The Kier molecular flexibility index (Phi) is 8.47. The Morgan fingerprint density at radius 1 is 1.26 bits per heavy atom. The third-order valence-corrected chi connectivity index (χ3v) is 4.71. The van der Waals surface area contributed by atoms with Gasteiger partial charge in [-0.2, -0.15) is 0 Å². The minimum absolute atomic E-state index is 0.126. The fourth-order valence-corrected chi connectivity index (χ4v) is 2.91. The number of aromatic nitrogens is 2. The summed E-state index contributed by atoms with van der Waals surface area (Å²) in [6.45, 7) is 2.34. The van der Waals surface area contributed by atoms with Crippen LogP contribution in [0.3, 0.4) is 0 Å². The fraction of sp³-hybridized carbons (Fsp3) is 0.333. The molecule has 0 atom stereocenters. The van der Waals surface area contributed by atoms with E-state index in [0.29, 0.717) is 23.8 Å². The van der Waals surface area contributed by atoms with E-state index >= 15 is 0 Å². The van der Waals surface area contributed by atoms with Crippen LogP contribution in [0.15, 0.2) is 35.6 Å². The number of rotatable bonds is 9. The van der Waals surface area contributed by atoms with E-state index in [9.17, 15) is 14.0 Å². The first-order valence-electron chi connectivity index (χ1n) is 8.48. The van der Waals surface area contributed by atoms with Gasteiger partial charge in [0, 0.05) is 24.4 Å². The number of nitrogens with zero attached hydrogens (tertiary/aromatic N) is 2. The maximum atomic E-state index is 12.8. The average Bonchev–Trinajstić information content (AvgIpc) is 2.66. The molecule has 1 heterocycles. The van der Waals surface area contributed by atoms with Crippen molar-refractivity contribution in [1.82, 2.24) is 15.3 Å². The first-order chi connectivity index (χ1) is 13.0. The largest absolute Gasteiger partial charge is 0.351 e. The Morgan fingerprint density at radius 3 is 2.70 bits per heavy atom. The highest BCUT2D eigenvalue weighted by Gasteiger charge is 2.14. The predicted molar refractivity (Wildman–Crippen MR) is 105 cm³/mol. The lowest BCUT2D eigenvalue weighted by molar-refractivity contribution is -0.116. The highest BCUT2D eigenvalue weighted by atomic mass is 35.5. The Balaban J connectivity index is 1.77. The second kappa shape index (κ2) is 10.8. The van der Waals surface area contributed by atoms with Gasteiger partial charge in [-0.15, -0.1) is 0 Å². The van der Waals surface area contributed by atoms with Gasteiger partial charge in [0.25, 0.3) is 5.91 Å². The molecule has 0 saturated heterocycles. The maximum absolute atomic E-state index is 12.8. The maximum Gasteiger partial charge on any atom is 0.271 e. The number of benzene rings is 1. The molecule has 0 aliphatic carbocycles. The van der Waals surface area contributed by atoms with Crippen LogP contribution in [0, 0.1) is 5.82 Å². The third kappa shape index (κ3) is 7.15. The van der Waals surface area contributed by atoms with E-state index < -0.39 is 5.91 Å². The minimum atomic E-state index is -0.403. The second-order valence-corrected chi connectivity index (χ2v) is 7.08. The lowest BCUT2D eigenvalue weighted by atomic mass is 10.2. The molecular weight excluding hydrogens is 391 g/mol. The first kappa shape index (κ1) is 21.1. The number of thioether (sulfide) groups is 1. The second-order valence-electron chi connectivity index (χ2n) is 5.61. The highest BCUT2D eigenvalue weighted by Crippen LogP contribution is 2.18. The molecule has 2 amide bonds. The molecule has 1 aromatic carbocycles. The smallest absolute Gasteiger partial charge is 0.271 e. The van der Waals surface area contributed by atoms with Crippen LogP contribution in [-0.2, 0) is 4.79 Å². The van der Waals surface area contributed by atoms with Gasteiger partial charge < -0.3 is 10.6 Å². The van der Waals surface area contributed by atoms with Gasteiger partial charge >= 0.3 is 0 Å². The van der Waals surface area contributed by atoms with Crippen molar-refractivity contribution in [3.05, 3.63) is 47.0 Å². The normalized spacial score (nSPS) is 10.5. The fourth-order valence-electron chi connectivity index (χ4n) is 2.06. The van der Waals surface area contributed by atoms with Crippen molar-refractivity contribution in [2.24, 2.45) is 0 Å². The quantitative estimate of drug-likeness (QED) is 0.372. The van der Waals surface area contributed by atoms with Gasteiger partial charge in [-0.1, -0.05) is 30.3 Å². The van der Waals surface area contributed by atoms with Crippen molar-refractivity contribution < 1.29 is 14.0 Å². The van der Waals surface area contributed by atoms with Crippen LogP contribution in [0.5, 0.6) is 0 Å². The topological polar surface area (TPSA) is 84.0 Å². The van der Waals surface area contributed by atoms with Gasteiger partial charge in [0.05, 0.1) is 11.2 Å². The Morgan fingerprint density at radius 2 is 2.00 bits per heavy atom. The summed E-state index contributed by atoms with van der Waals surface area (Å²) >= 11 is 7.46. The molecule has 0 bridgehead atoms.